The van der Waals surface area contributed by atoms with Crippen LogP contribution in [-0.4, -0.2) is 32.1 Å². The summed E-state index contributed by atoms with van der Waals surface area (Å²) in [6.45, 7) is 5.63. The van der Waals surface area contributed by atoms with Gasteiger partial charge >= 0.3 is 0 Å². The van der Waals surface area contributed by atoms with E-state index in [-0.39, 0.29) is 6.29 Å². The van der Waals surface area contributed by atoms with E-state index in [0.29, 0.717) is 19.8 Å². The lowest BCUT2D eigenvalue weighted by Gasteiger charge is -2.15. The summed E-state index contributed by atoms with van der Waals surface area (Å²) < 4.78 is 10.6. The molecule has 0 aromatic rings. The van der Waals surface area contributed by atoms with Gasteiger partial charge in [-0.2, -0.15) is 0 Å². The van der Waals surface area contributed by atoms with E-state index >= 15 is 0 Å². The first-order valence-corrected chi connectivity index (χ1v) is 4.62. The molecule has 0 aromatic carbocycles. The molecule has 0 saturated heterocycles. The molecule has 0 amide bonds. The number of hydrogen-bond acceptors (Lipinski definition) is 4. The lowest BCUT2D eigenvalue weighted by atomic mass is 10.3. The SMILES string of the molecule is CCOC(CCCN=C=O)OCC. The highest BCUT2D eigenvalue weighted by atomic mass is 16.7. The molecule has 0 rings (SSSR count). The average Bonchev–Trinajstić information content (AvgIpc) is 2.13. The van der Waals surface area contributed by atoms with Crippen molar-refractivity contribution in [2.75, 3.05) is 19.8 Å². The molecule has 0 aromatic heterocycles. The van der Waals surface area contributed by atoms with Crippen molar-refractivity contribution >= 4 is 6.08 Å². The predicted molar refractivity (Wildman–Crippen MR) is 49.3 cm³/mol. The van der Waals surface area contributed by atoms with Crippen LogP contribution in [0.4, 0.5) is 0 Å². The monoisotopic (exact) mass is 187 g/mol. The van der Waals surface area contributed by atoms with E-state index in [0.717, 1.165) is 12.8 Å². The molecule has 0 bridgehead atoms. The van der Waals surface area contributed by atoms with Crippen molar-refractivity contribution in [1.29, 1.82) is 0 Å². The van der Waals surface area contributed by atoms with Crippen molar-refractivity contribution in [3.63, 3.8) is 0 Å². The van der Waals surface area contributed by atoms with Crippen LogP contribution in [0.15, 0.2) is 4.99 Å². The Balaban J connectivity index is 3.48. The van der Waals surface area contributed by atoms with Crippen molar-refractivity contribution < 1.29 is 14.3 Å². The molecule has 0 N–H and O–H groups in total. The van der Waals surface area contributed by atoms with Crippen LogP contribution in [0.5, 0.6) is 0 Å². The summed E-state index contributed by atoms with van der Waals surface area (Å²) in [5, 5.41) is 0. The molecule has 4 nitrogen and oxygen atoms in total. The van der Waals surface area contributed by atoms with Crippen molar-refractivity contribution in [1.82, 2.24) is 0 Å². The number of ether oxygens (including phenoxy) is 2. The summed E-state index contributed by atoms with van der Waals surface area (Å²) in [6.07, 6.45) is 2.91. The van der Waals surface area contributed by atoms with Gasteiger partial charge in [0.15, 0.2) is 6.29 Å². The molecule has 0 unspecified atom stereocenters. The van der Waals surface area contributed by atoms with Gasteiger partial charge in [-0.25, -0.2) is 9.79 Å². The fourth-order valence-corrected chi connectivity index (χ4v) is 0.969. The first kappa shape index (κ1) is 12.3. The Labute approximate surface area is 78.9 Å². The average molecular weight is 187 g/mol. The molecule has 0 aliphatic rings. The zero-order chi connectivity index (χ0) is 9.94. The Morgan fingerprint density at radius 1 is 1.31 bits per heavy atom. The molecule has 76 valence electrons. The van der Waals surface area contributed by atoms with E-state index in [9.17, 15) is 4.79 Å². The highest BCUT2D eigenvalue weighted by Gasteiger charge is 2.06. The summed E-state index contributed by atoms with van der Waals surface area (Å²) in [4.78, 5) is 13.2. The first-order valence-electron chi connectivity index (χ1n) is 4.62. The summed E-state index contributed by atoms with van der Waals surface area (Å²) in [7, 11) is 0. The number of rotatable bonds is 8. The van der Waals surface area contributed by atoms with Gasteiger partial charge in [0.25, 0.3) is 0 Å². The Morgan fingerprint density at radius 2 is 1.92 bits per heavy atom. The Hall–Kier alpha value is -0.700. The number of aliphatic imine (C=N–C) groups is 1. The molecule has 0 heterocycles. The minimum atomic E-state index is -0.156. The third-order valence-electron chi connectivity index (χ3n) is 1.48. The van der Waals surface area contributed by atoms with Crippen molar-refractivity contribution in [2.45, 2.75) is 33.0 Å². The molecule has 0 aliphatic heterocycles. The van der Waals surface area contributed by atoms with Gasteiger partial charge in [-0.3, -0.25) is 0 Å². The van der Waals surface area contributed by atoms with Gasteiger partial charge in [-0.1, -0.05) is 0 Å². The van der Waals surface area contributed by atoms with Crippen LogP contribution >= 0.6 is 0 Å². The second-order valence-electron chi connectivity index (χ2n) is 2.46. The molecule has 13 heavy (non-hydrogen) atoms. The summed E-state index contributed by atoms with van der Waals surface area (Å²) in [5.74, 6) is 0. The fourth-order valence-electron chi connectivity index (χ4n) is 0.969. The fraction of sp³-hybridized carbons (Fsp3) is 0.889. The number of carbonyl (C=O) groups excluding carboxylic acids is 1. The van der Waals surface area contributed by atoms with E-state index in [1.165, 1.54) is 6.08 Å². The van der Waals surface area contributed by atoms with Gasteiger partial charge in [0.05, 0.1) is 6.54 Å². The third-order valence-corrected chi connectivity index (χ3v) is 1.48. The maximum atomic E-state index is 9.75. The second-order valence-corrected chi connectivity index (χ2v) is 2.46. The maximum Gasteiger partial charge on any atom is 0.234 e. The van der Waals surface area contributed by atoms with Gasteiger partial charge in [-0.15, -0.1) is 0 Å². The second kappa shape index (κ2) is 9.39. The molecule has 4 heteroatoms. The zero-order valence-corrected chi connectivity index (χ0v) is 8.28. The van der Waals surface area contributed by atoms with E-state index in [4.69, 9.17) is 9.47 Å². The third kappa shape index (κ3) is 7.65. The minimum absolute atomic E-state index is 0.156. The molecule has 0 spiro atoms. The minimum Gasteiger partial charge on any atom is -0.353 e. The molecule has 0 saturated carbocycles. The lowest BCUT2D eigenvalue weighted by molar-refractivity contribution is -0.139. The number of nitrogens with zero attached hydrogens (tertiary/aromatic N) is 1. The van der Waals surface area contributed by atoms with Gasteiger partial charge in [0.1, 0.15) is 0 Å². The van der Waals surface area contributed by atoms with E-state index in [1.807, 2.05) is 13.8 Å². The Morgan fingerprint density at radius 3 is 2.38 bits per heavy atom. The normalized spacial score (nSPS) is 10.1. The lowest BCUT2D eigenvalue weighted by Crippen LogP contribution is -2.17. The van der Waals surface area contributed by atoms with Crippen molar-refractivity contribution in [3.8, 4) is 0 Å². The largest absolute Gasteiger partial charge is 0.353 e. The standard InChI is InChI=1S/C9H17NO3/c1-3-12-9(13-4-2)6-5-7-10-8-11/h9H,3-7H2,1-2H3. The molecule has 0 fully saturated rings. The molecule has 0 atom stereocenters. The Kier molecular flexibility index (Phi) is 8.88. The van der Waals surface area contributed by atoms with Crippen LogP contribution in [0.2, 0.25) is 0 Å². The van der Waals surface area contributed by atoms with Gasteiger partial charge in [0, 0.05) is 19.6 Å². The van der Waals surface area contributed by atoms with E-state index < -0.39 is 0 Å². The zero-order valence-electron chi connectivity index (χ0n) is 8.28. The Bertz CT molecular complexity index is 149. The maximum absolute atomic E-state index is 9.75. The van der Waals surface area contributed by atoms with Crippen LogP contribution in [0.1, 0.15) is 26.7 Å². The number of hydrogen-bond donors (Lipinski definition) is 0. The van der Waals surface area contributed by atoms with Crippen LogP contribution in [-0.2, 0) is 14.3 Å². The predicted octanol–water partition coefficient (Wildman–Crippen LogP) is 1.50. The highest BCUT2D eigenvalue weighted by molar-refractivity contribution is 5.32. The quantitative estimate of drug-likeness (QED) is 0.250. The number of isocyanates is 1. The highest BCUT2D eigenvalue weighted by Crippen LogP contribution is 2.04. The summed E-state index contributed by atoms with van der Waals surface area (Å²) >= 11 is 0. The van der Waals surface area contributed by atoms with Gasteiger partial charge < -0.3 is 9.47 Å². The molecular formula is C9H17NO3. The van der Waals surface area contributed by atoms with Crippen LogP contribution < -0.4 is 0 Å². The van der Waals surface area contributed by atoms with E-state index in [2.05, 4.69) is 4.99 Å². The van der Waals surface area contributed by atoms with Gasteiger partial charge in [0.2, 0.25) is 6.08 Å². The van der Waals surface area contributed by atoms with Crippen molar-refractivity contribution in [3.05, 3.63) is 0 Å². The first-order chi connectivity index (χ1) is 6.35. The summed E-state index contributed by atoms with van der Waals surface area (Å²) in [5.41, 5.74) is 0. The molecule has 0 radical (unpaired) electrons. The van der Waals surface area contributed by atoms with Gasteiger partial charge in [-0.05, 0) is 20.3 Å². The molecule has 0 aliphatic carbocycles. The van der Waals surface area contributed by atoms with Crippen molar-refractivity contribution in [2.24, 2.45) is 4.99 Å². The molecular weight excluding hydrogens is 170 g/mol. The summed E-state index contributed by atoms with van der Waals surface area (Å²) in [6, 6.07) is 0. The van der Waals surface area contributed by atoms with Crippen LogP contribution in [0.25, 0.3) is 0 Å². The van der Waals surface area contributed by atoms with E-state index in [1.54, 1.807) is 0 Å². The smallest absolute Gasteiger partial charge is 0.234 e. The topological polar surface area (TPSA) is 47.9 Å². The van der Waals surface area contributed by atoms with Crippen LogP contribution in [0, 0.1) is 0 Å². The van der Waals surface area contributed by atoms with Crippen LogP contribution in [0.3, 0.4) is 0 Å².